The first-order valence-electron chi connectivity index (χ1n) is 5.75. The quantitative estimate of drug-likeness (QED) is 0.767. The van der Waals surface area contributed by atoms with Crippen molar-refractivity contribution in [2.45, 2.75) is 31.8 Å². The van der Waals surface area contributed by atoms with Gasteiger partial charge in [0.1, 0.15) is 0 Å². The zero-order chi connectivity index (χ0) is 11.4. The molecule has 2 N–H and O–H groups in total. The molecule has 1 aliphatic rings. The van der Waals surface area contributed by atoms with Crippen LogP contribution in [0.25, 0.3) is 0 Å². The molecule has 16 heavy (non-hydrogen) atoms. The van der Waals surface area contributed by atoms with Crippen LogP contribution in [-0.4, -0.2) is 28.3 Å². The first-order chi connectivity index (χ1) is 7.77. The fourth-order valence-electron chi connectivity index (χ4n) is 1.95. The minimum absolute atomic E-state index is 0.0121. The fraction of sp³-hybridized carbons (Fsp3) is 0.636. The van der Waals surface area contributed by atoms with Gasteiger partial charge in [-0.05, 0) is 25.5 Å². The molecule has 2 rings (SSSR count). The summed E-state index contributed by atoms with van der Waals surface area (Å²) < 4.78 is 1.77. The number of aryl methyl sites for hydroxylation is 1. The molecule has 2 heterocycles. The van der Waals surface area contributed by atoms with Crippen molar-refractivity contribution in [1.82, 2.24) is 20.4 Å². The summed E-state index contributed by atoms with van der Waals surface area (Å²) >= 11 is 0. The number of rotatable bonds is 3. The topological polar surface area (TPSA) is 59.0 Å². The molecular formula is C11H18N4O. The summed E-state index contributed by atoms with van der Waals surface area (Å²) in [4.78, 5) is 11.8. The monoisotopic (exact) mass is 222 g/mol. The Labute approximate surface area is 95.2 Å². The van der Waals surface area contributed by atoms with Gasteiger partial charge in [-0.15, -0.1) is 0 Å². The van der Waals surface area contributed by atoms with Gasteiger partial charge < -0.3 is 10.6 Å². The summed E-state index contributed by atoms with van der Waals surface area (Å²) in [6.45, 7) is 1.50. The number of carbonyl (C=O) groups excluding carboxylic acids is 1. The molecule has 0 spiro atoms. The Kier molecular flexibility index (Phi) is 3.56. The van der Waals surface area contributed by atoms with Gasteiger partial charge in [0.05, 0.1) is 18.3 Å². The molecule has 5 heteroatoms. The Balaban J connectivity index is 1.81. The maximum absolute atomic E-state index is 11.8. The lowest BCUT2D eigenvalue weighted by Crippen LogP contribution is -2.46. The summed E-state index contributed by atoms with van der Waals surface area (Å²) in [5.74, 6) is 0.0981. The predicted molar refractivity (Wildman–Crippen MR) is 60.7 cm³/mol. The average molecular weight is 222 g/mol. The maximum Gasteiger partial charge on any atom is 0.237 e. The van der Waals surface area contributed by atoms with Crippen molar-refractivity contribution in [2.24, 2.45) is 7.05 Å². The third kappa shape index (κ3) is 2.61. The molecule has 0 unspecified atom stereocenters. The molecule has 0 aliphatic carbocycles. The van der Waals surface area contributed by atoms with Crippen LogP contribution in [0.4, 0.5) is 0 Å². The summed E-state index contributed by atoms with van der Waals surface area (Å²) in [5.41, 5.74) is 1.02. The van der Waals surface area contributed by atoms with Gasteiger partial charge in [0.15, 0.2) is 0 Å². The van der Waals surface area contributed by atoms with E-state index < -0.39 is 0 Å². The van der Waals surface area contributed by atoms with E-state index in [0.717, 1.165) is 25.1 Å². The highest BCUT2D eigenvalue weighted by Crippen LogP contribution is 2.07. The maximum atomic E-state index is 11.8. The molecule has 1 saturated heterocycles. The minimum atomic E-state index is -0.0121. The second-order valence-electron chi connectivity index (χ2n) is 4.17. The Hall–Kier alpha value is -1.36. The first-order valence-corrected chi connectivity index (χ1v) is 5.75. The molecule has 1 aromatic rings. The molecule has 0 saturated carbocycles. The van der Waals surface area contributed by atoms with Crippen molar-refractivity contribution >= 4 is 5.91 Å². The lowest BCUT2D eigenvalue weighted by atomic mass is 10.0. The number of piperidine rings is 1. The van der Waals surface area contributed by atoms with Crippen LogP contribution in [0.15, 0.2) is 12.3 Å². The lowest BCUT2D eigenvalue weighted by Gasteiger charge is -2.22. The van der Waals surface area contributed by atoms with E-state index in [-0.39, 0.29) is 11.9 Å². The van der Waals surface area contributed by atoms with Crippen LogP contribution in [-0.2, 0) is 18.4 Å². The first kappa shape index (κ1) is 11.1. The van der Waals surface area contributed by atoms with E-state index in [2.05, 4.69) is 15.7 Å². The summed E-state index contributed by atoms with van der Waals surface area (Å²) in [5, 5.41) is 10.2. The smallest absolute Gasteiger partial charge is 0.237 e. The zero-order valence-electron chi connectivity index (χ0n) is 9.57. The number of nitrogens with one attached hydrogen (secondary N) is 2. The van der Waals surface area contributed by atoms with Gasteiger partial charge in [-0.3, -0.25) is 9.48 Å². The standard InChI is InChI=1S/C11H18N4O/c1-15-9(5-7-14-15)8-13-11(16)10-4-2-3-6-12-10/h5,7,10,12H,2-4,6,8H2,1H3,(H,13,16)/t10-/m0/s1. The van der Waals surface area contributed by atoms with Crippen LogP contribution in [0.3, 0.4) is 0 Å². The van der Waals surface area contributed by atoms with Crippen LogP contribution >= 0.6 is 0 Å². The SMILES string of the molecule is Cn1nccc1CNC(=O)[C@@H]1CCCCN1. The Morgan fingerprint density at radius 2 is 2.56 bits per heavy atom. The van der Waals surface area contributed by atoms with Gasteiger partial charge in [0, 0.05) is 13.2 Å². The van der Waals surface area contributed by atoms with E-state index in [1.165, 1.54) is 6.42 Å². The van der Waals surface area contributed by atoms with E-state index in [1.807, 2.05) is 13.1 Å². The van der Waals surface area contributed by atoms with E-state index in [0.29, 0.717) is 6.54 Å². The Morgan fingerprint density at radius 1 is 1.69 bits per heavy atom. The van der Waals surface area contributed by atoms with Crippen molar-refractivity contribution in [2.75, 3.05) is 6.54 Å². The van der Waals surface area contributed by atoms with Crippen molar-refractivity contribution < 1.29 is 4.79 Å². The van der Waals surface area contributed by atoms with Crippen molar-refractivity contribution in [1.29, 1.82) is 0 Å². The van der Waals surface area contributed by atoms with Crippen molar-refractivity contribution in [3.8, 4) is 0 Å². The normalized spacial score (nSPS) is 20.7. The molecule has 0 bridgehead atoms. The van der Waals surface area contributed by atoms with Crippen LogP contribution in [0.1, 0.15) is 25.0 Å². The number of nitrogens with zero attached hydrogens (tertiary/aromatic N) is 2. The highest BCUT2D eigenvalue weighted by atomic mass is 16.2. The summed E-state index contributed by atoms with van der Waals surface area (Å²) in [7, 11) is 1.88. The number of aromatic nitrogens is 2. The highest BCUT2D eigenvalue weighted by molar-refractivity contribution is 5.81. The van der Waals surface area contributed by atoms with Gasteiger partial charge in [0.2, 0.25) is 5.91 Å². The lowest BCUT2D eigenvalue weighted by molar-refractivity contribution is -0.123. The molecule has 1 atom stereocenters. The second-order valence-corrected chi connectivity index (χ2v) is 4.17. The fourth-order valence-corrected chi connectivity index (χ4v) is 1.95. The Bertz CT molecular complexity index is 355. The molecule has 1 fully saturated rings. The minimum Gasteiger partial charge on any atom is -0.349 e. The summed E-state index contributed by atoms with van der Waals surface area (Å²) in [6, 6.07) is 1.90. The molecular weight excluding hydrogens is 204 g/mol. The molecule has 0 radical (unpaired) electrons. The number of amides is 1. The van der Waals surface area contributed by atoms with Crippen LogP contribution in [0.5, 0.6) is 0 Å². The van der Waals surface area contributed by atoms with Crippen LogP contribution < -0.4 is 10.6 Å². The summed E-state index contributed by atoms with van der Waals surface area (Å²) in [6.07, 6.45) is 4.99. The average Bonchev–Trinajstić information content (AvgIpc) is 2.73. The number of hydrogen-bond donors (Lipinski definition) is 2. The van der Waals surface area contributed by atoms with Crippen molar-refractivity contribution in [3.05, 3.63) is 18.0 Å². The van der Waals surface area contributed by atoms with E-state index in [4.69, 9.17) is 0 Å². The molecule has 1 aromatic heterocycles. The largest absolute Gasteiger partial charge is 0.349 e. The molecule has 0 aromatic carbocycles. The zero-order valence-corrected chi connectivity index (χ0v) is 9.57. The van der Waals surface area contributed by atoms with E-state index in [1.54, 1.807) is 10.9 Å². The van der Waals surface area contributed by atoms with Crippen LogP contribution in [0, 0.1) is 0 Å². The second kappa shape index (κ2) is 5.12. The predicted octanol–water partition coefficient (Wildman–Crippen LogP) is 0.178. The van der Waals surface area contributed by atoms with Gasteiger partial charge in [-0.1, -0.05) is 6.42 Å². The van der Waals surface area contributed by atoms with E-state index in [9.17, 15) is 4.79 Å². The highest BCUT2D eigenvalue weighted by Gasteiger charge is 2.19. The van der Waals surface area contributed by atoms with E-state index >= 15 is 0 Å². The Morgan fingerprint density at radius 3 is 3.19 bits per heavy atom. The third-order valence-electron chi connectivity index (χ3n) is 2.99. The number of carbonyl (C=O) groups is 1. The molecule has 5 nitrogen and oxygen atoms in total. The van der Waals surface area contributed by atoms with Gasteiger partial charge in [-0.25, -0.2) is 0 Å². The molecule has 1 amide bonds. The number of hydrogen-bond acceptors (Lipinski definition) is 3. The molecule has 1 aliphatic heterocycles. The molecule has 88 valence electrons. The van der Waals surface area contributed by atoms with Gasteiger partial charge in [-0.2, -0.15) is 5.10 Å². The van der Waals surface area contributed by atoms with Crippen molar-refractivity contribution in [3.63, 3.8) is 0 Å². The van der Waals surface area contributed by atoms with Crippen LogP contribution in [0.2, 0.25) is 0 Å². The van der Waals surface area contributed by atoms with Gasteiger partial charge >= 0.3 is 0 Å². The van der Waals surface area contributed by atoms with Gasteiger partial charge in [0.25, 0.3) is 0 Å². The third-order valence-corrected chi connectivity index (χ3v) is 2.99.